The predicted octanol–water partition coefficient (Wildman–Crippen LogP) is 4.59. The lowest BCUT2D eigenvalue weighted by Gasteiger charge is -2.22. The van der Waals surface area contributed by atoms with E-state index < -0.39 is 0 Å². The van der Waals surface area contributed by atoms with Gasteiger partial charge in [-0.15, -0.1) is 10.2 Å². The van der Waals surface area contributed by atoms with Crippen LogP contribution in [-0.2, 0) is 13.0 Å². The Morgan fingerprint density at radius 3 is 2.51 bits per heavy atom. The molecule has 0 aliphatic carbocycles. The molecule has 3 heterocycles. The zero-order valence-electron chi connectivity index (χ0n) is 21.9. The highest BCUT2D eigenvalue weighted by Gasteiger charge is 2.28. The summed E-state index contributed by atoms with van der Waals surface area (Å²) in [5, 5.41) is 13.3. The van der Waals surface area contributed by atoms with Gasteiger partial charge in [0.05, 0.1) is 6.04 Å². The monoisotopic (exact) mass is 498 g/mol. The van der Waals surface area contributed by atoms with Crippen molar-refractivity contribution in [3.05, 3.63) is 82.6 Å². The number of aromatic nitrogens is 4. The van der Waals surface area contributed by atoms with Crippen molar-refractivity contribution in [1.29, 1.82) is 0 Å². The minimum absolute atomic E-state index is 0.0126. The third-order valence-electron chi connectivity index (χ3n) is 6.95. The quantitative estimate of drug-likeness (QED) is 0.406. The van der Waals surface area contributed by atoms with E-state index in [0.717, 1.165) is 40.1 Å². The van der Waals surface area contributed by atoms with Gasteiger partial charge in [0.1, 0.15) is 5.82 Å². The minimum atomic E-state index is -0.271. The number of H-pyrrole nitrogens is 1. The van der Waals surface area contributed by atoms with Crippen LogP contribution in [0.15, 0.2) is 48.7 Å². The summed E-state index contributed by atoms with van der Waals surface area (Å²) < 4.78 is 2.09. The Bertz CT molecular complexity index is 1430. The number of nitrogens with zero attached hydrogens (tertiary/aromatic N) is 4. The Balaban J connectivity index is 1.35. The molecule has 0 fully saturated rings. The van der Waals surface area contributed by atoms with Crippen molar-refractivity contribution in [3.8, 4) is 0 Å². The van der Waals surface area contributed by atoms with Crippen LogP contribution in [0, 0.1) is 19.8 Å². The van der Waals surface area contributed by atoms with Crippen LogP contribution in [0.25, 0.3) is 10.9 Å². The lowest BCUT2D eigenvalue weighted by molar-refractivity contribution is 0.0758. The highest BCUT2D eigenvalue weighted by molar-refractivity contribution is 5.98. The molecule has 2 aromatic carbocycles. The van der Waals surface area contributed by atoms with E-state index >= 15 is 0 Å². The zero-order chi connectivity index (χ0) is 26.1. The second-order valence-corrected chi connectivity index (χ2v) is 10.5. The van der Waals surface area contributed by atoms with E-state index in [4.69, 9.17) is 0 Å². The molecule has 2 N–H and O–H groups in total. The average Bonchev–Trinajstić information content (AvgIpc) is 3.43. The maximum Gasteiger partial charge on any atom is 0.254 e. The highest BCUT2D eigenvalue weighted by Crippen LogP contribution is 2.24. The first kappa shape index (κ1) is 24.7. The van der Waals surface area contributed by atoms with Gasteiger partial charge in [-0.1, -0.05) is 37.1 Å². The first-order chi connectivity index (χ1) is 17.8. The lowest BCUT2D eigenvalue weighted by Crippen LogP contribution is -2.34. The van der Waals surface area contributed by atoms with Crippen molar-refractivity contribution < 1.29 is 9.59 Å². The summed E-state index contributed by atoms with van der Waals surface area (Å²) in [7, 11) is 0. The zero-order valence-corrected chi connectivity index (χ0v) is 21.9. The lowest BCUT2D eigenvalue weighted by atomic mass is 10.0. The Morgan fingerprint density at radius 1 is 0.973 bits per heavy atom. The molecule has 8 heteroatoms. The molecule has 5 rings (SSSR count). The van der Waals surface area contributed by atoms with Crippen LogP contribution in [0.2, 0.25) is 0 Å². The van der Waals surface area contributed by atoms with E-state index in [1.165, 1.54) is 0 Å². The molecule has 37 heavy (non-hydrogen) atoms. The van der Waals surface area contributed by atoms with E-state index in [1.54, 1.807) is 0 Å². The van der Waals surface area contributed by atoms with Crippen LogP contribution in [0.1, 0.15) is 69.8 Å². The van der Waals surface area contributed by atoms with Crippen LogP contribution in [0.4, 0.5) is 0 Å². The largest absolute Gasteiger partial charge is 0.361 e. The Kier molecular flexibility index (Phi) is 6.82. The Hall–Kier alpha value is -3.94. The van der Waals surface area contributed by atoms with Gasteiger partial charge in [-0.2, -0.15) is 0 Å². The molecular weight excluding hydrogens is 464 g/mol. The molecule has 2 amide bonds. The fourth-order valence-corrected chi connectivity index (χ4v) is 5.22. The number of aromatic amines is 1. The molecule has 192 valence electrons. The molecule has 0 spiro atoms. The van der Waals surface area contributed by atoms with Gasteiger partial charge in [-0.3, -0.25) is 9.59 Å². The second-order valence-electron chi connectivity index (χ2n) is 10.5. The summed E-state index contributed by atoms with van der Waals surface area (Å²) in [6, 6.07) is 13.4. The van der Waals surface area contributed by atoms with Gasteiger partial charge >= 0.3 is 0 Å². The predicted molar refractivity (Wildman–Crippen MR) is 144 cm³/mol. The van der Waals surface area contributed by atoms with Crippen molar-refractivity contribution in [3.63, 3.8) is 0 Å². The Morgan fingerprint density at radius 2 is 1.76 bits per heavy atom. The number of aryl methyl sites for hydroxylation is 2. The molecule has 0 radical (unpaired) electrons. The third-order valence-corrected chi connectivity index (χ3v) is 6.95. The van der Waals surface area contributed by atoms with E-state index in [0.29, 0.717) is 43.1 Å². The van der Waals surface area contributed by atoms with Gasteiger partial charge in [-0.25, -0.2) is 0 Å². The van der Waals surface area contributed by atoms with Gasteiger partial charge < -0.3 is 19.8 Å². The van der Waals surface area contributed by atoms with Crippen LogP contribution < -0.4 is 5.32 Å². The van der Waals surface area contributed by atoms with Crippen LogP contribution in [0.5, 0.6) is 0 Å². The standard InChI is InChI=1S/C29H34N6O2/c1-18(2)13-25(31-28(36)23-15-19(3)14-20(4)16-23)27-33-32-26-8-10-34(11-12-35(26)27)29(37)22-6-5-21-7-9-30-24(21)17-22/h5-7,9,14-18,25,30H,8,10-13H2,1-4H3,(H,31,36)/t25-/m0/s1. The summed E-state index contributed by atoms with van der Waals surface area (Å²) >= 11 is 0. The fourth-order valence-electron chi connectivity index (χ4n) is 5.22. The number of fused-ring (bicyclic) bond motifs is 2. The third kappa shape index (κ3) is 5.28. The Labute approximate surface area is 217 Å². The van der Waals surface area contributed by atoms with Gasteiger partial charge in [-0.05, 0) is 61.9 Å². The summed E-state index contributed by atoms with van der Waals surface area (Å²) in [6.45, 7) is 9.98. The van der Waals surface area contributed by atoms with Crippen molar-refractivity contribution >= 4 is 22.7 Å². The minimum Gasteiger partial charge on any atom is -0.361 e. The topological polar surface area (TPSA) is 95.9 Å². The van der Waals surface area contributed by atoms with Gasteiger partial charge in [0.15, 0.2) is 5.82 Å². The van der Waals surface area contributed by atoms with Crippen molar-refractivity contribution in [2.45, 2.75) is 53.1 Å². The molecule has 2 aromatic heterocycles. The first-order valence-corrected chi connectivity index (χ1v) is 13.0. The van der Waals surface area contributed by atoms with Gasteiger partial charge in [0.25, 0.3) is 11.8 Å². The SMILES string of the molecule is Cc1cc(C)cc(C(=O)N[C@@H](CC(C)C)c2nnc3n2CCN(C(=O)c2ccc4cc[nH]c4c2)CC3)c1. The van der Waals surface area contributed by atoms with Crippen molar-refractivity contribution in [1.82, 2.24) is 30.0 Å². The maximum absolute atomic E-state index is 13.3. The molecule has 1 aliphatic heterocycles. The molecule has 0 bridgehead atoms. The number of nitrogens with one attached hydrogen (secondary N) is 2. The van der Waals surface area contributed by atoms with E-state index in [1.807, 2.05) is 61.3 Å². The van der Waals surface area contributed by atoms with Crippen LogP contribution >= 0.6 is 0 Å². The van der Waals surface area contributed by atoms with Gasteiger partial charge in [0.2, 0.25) is 0 Å². The highest BCUT2D eigenvalue weighted by atomic mass is 16.2. The molecule has 0 saturated heterocycles. The summed E-state index contributed by atoms with van der Waals surface area (Å²) in [5.41, 5.74) is 4.39. The number of rotatable bonds is 6. The number of carbonyl (C=O) groups excluding carboxylic acids is 2. The van der Waals surface area contributed by atoms with Gasteiger partial charge in [0, 0.05) is 48.9 Å². The van der Waals surface area contributed by atoms with E-state index in [-0.39, 0.29) is 17.9 Å². The number of benzene rings is 2. The normalized spacial score (nSPS) is 14.5. The van der Waals surface area contributed by atoms with Crippen LogP contribution in [0.3, 0.4) is 0 Å². The van der Waals surface area contributed by atoms with E-state index in [2.05, 4.69) is 45.0 Å². The summed E-state index contributed by atoms with van der Waals surface area (Å²) in [5.74, 6) is 1.85. The molecule has 8 nitrogen and oxygen atoms in total. The molecule has 1 atom stereocenters. The van der Waals surface area contributed by atoms with Crippen molar-refractivity contribution in [2.24, 2.45) is 5.92 Å². The number of carbonyl (C=O) groups is 2. The maximum atomic E-state index is 13.3. The number of hydrogen-bond donors (Lipinski definition) is 2. The smallest absolute Gasteiger partial charge is 0.254 e. The molecule has 1 aliphatic rings. The van der Waals surface area contributed by atoms with Crippen LogP contribution in [-0.4, -0.2) is 49.6 Å². The second kappa shape index (κ2) is 10.2. The fraction of sp³-hybridized carbons (Fsp3) is 0.379. The summed E-state index contributed by atoms with van der Waals surface area (Å²) in [4.78, 5) is 31.6. The average molecular weight is 499 g/mol. The molecule has 4 aromatic rings. The summed E-state index contributed by atoms with van der Waals surface area (Å²) in [6.07, 6.45) is 3.24. The molecular formula is C29H34N6O2. The van der Waals surface area contributed by atoms with Crippen molar-refractivity contribution in [2.75, 3.05) is 13.1 Å². The number of amides is 2. The molecule has 0 saturated carbocycles. The first-order valence-electron chi connectivity index (χ1n) is 13.0. The molecule has 0 unspecified atom stereocenters. The number of hydrogen-bond acceptors (Lipinski definition) is 4. The van der Waals surface area contributed by atoms with E-state index in [9.17, 15) is 9.59 Å².